The zero-order valence-corrected chi connectivity index (χ0v) is 17.6. The summed E-state index contributed by atoms with van der Waals surface area (Å²) in [6.07, 6.45) is 5.99. The van der Waals surface area contributed by atoms with Gasteiger partial charge in [0.15, 0.2) is 6.61 Å². The molecule has 1 aliphatic rings. The molecule has 0 radical (unpaired) electrons. The van der Waals surface area contributed by atoms with Crippen LogP contribution in [0.15, 0.2) is 36.4 Å². The van der Waals surface area contributed by atoms with Gasteiger partial charge in [-0.3, -0.25) is 4.79 Å². The zero-order chi connectivity index (χ0) is 20.8. The average Bonchev–Trinajstić information content (AvgIpc) is 2.98. The number of benzene rings is 1. The van der Waals surface area contributed by atoms with E-state index in [1.54, 1.807) is 15.7 Å². The van der Waals surface area contributed by atoms with Gasteiger partial charge in [0.2, 0.25) is 0 Å². The number of nitrogens with zero attached hydrogens (tertiary/aromatic N) is 3. The number of carbonyl (C=O) groups excluding carboxylic acids is 2. The molecule has 2 heterocycles. The molecule has 154 valence electrons. The molecular formula is C22H26ClN3O3. The maximum Gasteiger partial charge on any atom is 0.331 e. The Morgan fingerprint density at radius 3 is 2.76 bits per heavy atom. The summed E-state index contributed by atoms with van der Waals surface area (Å²) >= 11 is 6.44. The van der Waals surface area contributed by atoms with Gasteiger partial charge in [0, 0.05) is 24.2 Å². The zero-order valence-electron chi connectivity index (χ0n) is 16.8. The second-order valence-electron chi connectivity index (χ2n) is 7.31. The van der Waals surface area contributed by atoms with Gasteiger partial charge in [-0.2, -0.15) is 5.10 Å². The van der Waals surface area contributed by atoms with Gasteiger partial charge < -0.3 is 9.64 Å². The fourth-order valence-corrected chi connectivity index (χ4v) is 3.80. The average molecular weight is 416 g/mol. The summed E-state index contributed by atoms with van der Waals surface area (Å²) in [5.41, 5.74) is 2.46. The van der Waals surface area contributed by atoms with Gasteiger partial charge in [0.05, 0.1) is 12.2 Å². The number of hydrogen-bond acceptors (Lipinski definition) is 4. The summed E-state index contributed by atoms with van der Waals surface area (Å²) in [7, 11) is 0. The minimum atomic E-state index is -0.575. The van der Waals surface area contributed by atoms with Crippen molar-refractivity contribution < 1.29 is 14.3 Å². The fourth-order valence-electron chi connectivity index (χ4n) is 3.50. The Morgan fingerprint density at radius 1 is 1.28 bits per heavy atom. The van der Waals surface area contributed by atoms with Crippen molar-refractivity contribution in [3.63, 3.8) is 0 Å². The smallest absolute Gasteiger partial charge is 0.331 e. The van der Waals surface area contributed by atoms with Gasteiger partial charge in [-0.1, -0.05) is 41.9 Å². The number of ether oxygens (including phenoxy) is 1. The number of hydrogen-bond donors (Lipinski definition) is 0. The summed E-state index contributed by atoms with van der Waals surface area (Å²) in [5.74, 6) is -0.724. The number of aromatic nitrogens is 2. The first-order valence-electron chi connectivity index (χ1n) is 9.87. The third-order valence-electron chi connectivity index (χ3n) is 5.13. The molecule has 3 rings (SSSR count). The Kier molecular flexibility index (Phi) is 7.09. The SMILES string of the molecule is Cc1nn(Cc2ccccc2)c(Cl)c1/C=C/C(=O)OCC(=O)N1CCCC[C@@H]1C. The Balaban J connectivity index is 1.58. The predicted octanol–water partition coefficient (Wildman–Crippen LogP) is 3.85. The first-order valence-corrected chi connectivity index (χ1v) is 10.2. The van der Waals surface area contributed by atoms with E-state index in [4.69, 9.17) is 16.3 Å². The molecule has 1 aromatic carbocycles. The lowest BCUT2D eigenvalue weighted by Crippen LogP contribution is -2.44. The van der Waals surface area contributed by atoms with E-state index in [-0.39, 0.29) is 18.6 Å². The van der Waals surface area contributed by atoms with E-state index in [2.05, 4.69) is 5.10 Å². The molecule has 7 heteroatoms. The van der Waals surface area contributed by atoms with Crippen LogP contribution < -0.4 is 0 Å². The third kappa shape index (κ3) is 5.48. The maximum absolute atomic E-state index is 12.3. The van der Waals surface area contributed by atoms with Gasteiger partial charge in [-0.15, -0.1) is 0 Å². The number of rotatable bonds is 6. The van der Waals surface area contributed by atoms with Crippen molar-refractivity contribution in [3.8, 4) is 0 Å². The van der Waals surface area contributed by atoms with Crippen LogP contribution in [-0.2, 0) is 20.9 Å². The molecule has 1 saturated heterocycles. The van der Waals surface area contributed by atoms with Gasteiger partial charge in [0.1, 0.15) is 5.15 Å². The molecule has 6 nitrogen and oxygen atoms in total. The molecule has 0 bridgehead atoms. The van der Waals surface area contributed by atoms with Crippen molar-refractivity contribution in [3.05, 3.63) is 58.4 Å². The van der Waals surface area contributed by atoms with Crippen molar-refractivity contribution in [1.29, 1.82) is 0 Å². The highest BCUT2D eigenvalue weighted by molar-refractivity contribution is 6.31. The van der Waals surface area contributed by atoms with Gasteiger partial charge in [0.25, 0.3) is 5.91 Å². The fraction of sp³-hybridized carbons (Fsp3) is 0.409. The van der Waals surface area contributed by atoms with Crippen LogP contribution in [0.3, 0.4) is 0 Å². The number of likely N-dealkylation sites (tertiary alicyclic amines) is 1. The molecule has 29 heavy (non-hydrogen) atoms. The van der Waals surface area contributed by atoms with Crippen LogP contribution in [0.5, 0.6) is 0 Å². The monoisotopic (exact) mass is 415 g/mol. The Hall–Kier alpha value is -2.60. The van der Waals surface area contributed by atoms with Gasteiger partial charge in [-0.05, 0) is 44.7 Å². The number of halogens is 1. The van der Waals surface area contributed by atoms with Crippen LogP contribution in [0.25, 0.3) is 6.08 Å². The quantitative estimate of drug-likeness (QED) is 0.531. The first-order chi connectivity index (χ1) is 14.0. The molecule has 1 aliphatic heterocycles. The number of esters is 1. The number of amides is 1. The van der Waals surface area contributed by atoms with E-state index >= 15 is 0 Å². The topological polar surface area (TPSA) is 64.4 Å². The molecule has 1 atom stereocenters. The molecule has 0 spiro atoms. The van der Waals surface area contributed by atoms with Crippen molar-refractivity contribution in [1.82, 2.24) is 14.7 Å². The maximum atomic E-state index is 12.3. The van der Waals surface area contributed by atoms with E-state index in [1.165, 1.54) is 6.08 Å². The second-order valence-corrected chi connectivity index (χ2v) is 7.66. The molecule has 1 amide bonds. The third-order valence-corrected chi connectivity index (χ3v) is 5.53. The van der Waals surface area contributed by atoms with Gasteiger partial charge >= 0.3 is 5.97 Å². The largest absolute Gasteiger partial charge is 0.452 e. The Labute approximate surface area is 176 Å². The number of aryl methyl sites for hydroxylation is 1. The number of carbonyl (C=O) groups is 2. The second kappa shape index (κ2) is 9.74. The van der Waals surface area contributed by atoms with Crippen molar-refractivity contribution >= 4 is 29.6 Å². The lowest BCUT2D eigenvalue weighted by atomic mass is 10.0. The van der Waals surface area contributed by atoms with E-state index < -0.39 is 5.97 Å². The van der Waals surface area contributed by atoms with Gasteiger partial charge in [-0.25, -0.2) is 9.48 Å². The summed E-state index contributed by atoms with van der Waals surface area (Å²) in [5, 5.41) is 4.90. The van der Waals surface area contributed by atoms with Crippen LogP contribution in [-0.4, -0.2) is 45.8 Å². The molecule has 1 aromatic heterocycles. The normalized spacial score (nSPS) is 16.9. The molecule has 0 unspecified atom stereocenters. The summed E-state index contributed by atoms with van der Waals surface area (Å²) in [6.45, 7) is 4.88. The van der Waals surface area contributed by atoms with Crippen molar-refractivity contribution in [2.24, 2.45) is 0 Å². The van der Waals surface area contributed by atoms with E-state index in [1.807, 2.05) is 44.2 Å². The highest BCUT2D eigenvalue weighted by Gasteiger charge is 2.23. The lowest BCUT2D eigenvalue weighted by Gasteiger charge is -2.33. The van der Waals surface area contributed by atoms with Crippen molar-refractivity contribution in [2.45, 2.75) is 45.7 Å². The minimum absolute atomic E-state index is 0.149. The van der Waals surface area contributed by atoms with Crippen LogP contribution in [0.1, 0.15) is 43.0 Å². The van der Waals surface area contributed by atoms with E-state index in [0.717, 1.165) is 31.4 Å². The van der Waals surface area contributed by atoms with Crippen LogP contribution >= 0.6 is 11.6 Å². The summed E-state index contributed by atoms with van der Waals surface area (Å²) in [4.78, 5) is 26.1. The predicted molar refractivity (Wildman–Crippen MR) is 113 cm³/mol. The molecule has 2 aromatic rings. The summed E-state index contributed by atoms with van der Waals surface area (Å²) < 4.78 is 6.82. The molecule has 0 N–H and O–H groups in total. The first kappa shape index (κ1) is 21.1. The van der Waals surface area contributed by atoms with Crippen LogP contribution in [0, 0.1) is 6.92 Å². The van der Waals surface area contributed by atoms with Crippen molar-refractivity contribution in [2.75, 3.05) is 13.2 Å². The molecule has 0 aliphatic carbocycles. The Morgan fingerprint density at radius 2 is 2.03 bits per heavy atom. The standard InChI is InChI=1S/C22H26ClN3O3/c1-16-8-6-7-13-25(16)20(27)15-29-21(28)12-11-19-17(2)24-26(22(19)23)14-18-9-4-3-5-10-18/h3-5,9-12,16H,6-8,13-15H2,1-2H3/b12-11+/t16-/m0/s1. The van der Waals surface area contributed by atoms with Crippen LogP contribution in [0.2, 0.25) is 5.15 Å². The minimum Gasteiger partial charge on any atom is -0.452 e. The van der Waals surface area contributed by atoms with E-state index in [9.17, 15) is 9.59 Å². The molecule has 1 fully saturated rings. The highest BCUT2D eigenvalue weighted by Crippen LogP contribution is 2.22. The molecule has 0 saturated carbocycles. The molecular weight excluding hydrogens is 390 g/mol. The summed E-state index contributed by atoms with van der Waals surface area (Å²) in [6, 6.07) is 10.1. The van der Waals surface area contributed by atoms with E-state index in [0.29, 0.717) is 23.0 Å². The highest BCUT2D eigenvalue weighted by atomic mass is 35.5. The number of piperidine rings is 1. The Bertz CT molecular complexity index is 892. The lowest BCUT2D eigenvalue weighted by molar-refractivity contribution is -0.149. The van der Waals surface area contributed by atoms with Crippen LogP contribution in [0.4, 0.5) is 0 Å².